The van der Waals surface area contributed by atoms with E-state index in [2.05, 4.69) is 5.32 Å². The van der Waals surface area contributed by atoms with Gasteiger partial charge in [-0.3, -0.25) is 9.69 Å². The lowest BCUT2D eigenvalue weighted by Gasteiger charge is -2.48. The molecule has 3 aliphatic heterocycles. The smallest absolute Gasteiger partial charge is 0.321 e. The minimum atomic E-state index is -0.251. The molecule has 1 spiro atoms. The molecular formula is C20H27N3O4. The summed E-state index contributed by atoms with van der Waals surface area (Å²) in [5.41, 5.74) is 1.13. The number of likely N-dealkylation sites (tertiary alicyclic amines) is 1. The van der Waals surface area contributed by atoms with Gasteiger partial charge in [0.2, 0.25) is 0 Å². The summed E-state index contributed by atoms with van der Waals surface area (Å²) in [5, 5.41) is 2.79. The standard InChI is InChI=1S/C20H27N3O4/c1-26-17-6-3-13-27-20(17)7-10-22(11-8-20)18(24)15-4-2-5-16(14-15)23-12-9-21-19(23)25/h2,4-5,14,17H,3,6-13H2,1H3,(H,21,25)/t17-/m1/s1. The number of nitrogens with one attached hydrogen (secondary N) is 1. The van der Waals surface area contributed by atoms with E-state index in [1.54, 1.807) is 12.0 Å². The molecule has 3 aliphatic rings. The highest BCUT2D eigenvalue weighted by atomic mass is 16.5. The van der Waals surface area contributed by atoms with E-state index in [1.165, 1.54) is 0 Å². The average molecular weight is 373 g/mol. The Kier molecular flexibility index (Phi) is 5.06. The van der Waals surface area contributed by atoms with Gasteiger partial charge in [0.15, 0.2) is 0 Å². The van der Waals surface area contributed by atoms with E-state index in [1.807, 2.05) is 29.2 Å². The number of benzene rings is 1. The van der Waals surface area contributed by atoms with Crippen LogP contribution in [0, 0.1) is 0 Å². The van der Waals surface area contributed by atoms with Crippen molar-refractivity contribution in [2.45, 2.75) is 37.4 Å². The Bertz CT molecular complexity index is 715. The SMILES string of the molecule is CO[C@@H]1CCCOC12CCN(C(=O)c1cccc(N3CCNC3=O)c1)CC2. The normalized spacial score (nSPS) is 24.9. The monoisotopic (exact) mass is 373 g/mol. The van der Waals surface area contributed by atoms with E-state index in [0.29, 0.717) is 31.7 Å². The fourth-order valence-corrected chi connectivity index (χ4v) is 4.49. The third kappa shape index (κ3) is 3.41. The minimum Gasteiger partial charge on any atom is -0.378 e. The van der Waals surface area contributed by atoms with E-state index >= 15 is 0 Å². The Hall–Kier alpha value is -2.12. The van der Waals surface area contributed by atoms with Crippen LogP contribution in [0.5, 0.6) is 0 Å². The van der Waals surface area contributed by atoms with Gasteiger partial charge >= 0.3 is 6.03 Å². The molecule has 1 aromatic carbocycles. The van der Waals surface area contributed by atoms with Crippen LogP contribution in [0.3, 0.4) is 0 Å². The van der Waals surface area contributed by atoms with Gasteiger partial charge in [-0.1, -0.05) is 6.07 Å². The second kappa shape index (κ2) is 7.48. The number of hydrogen-bond donors (Lipinski definition) is 1. The fraction of sp³-hybridized carbons (Fsp3) is 0.600. The van der Waals surface area contributed by atoms with E-state index < -0.39 is 0 Å². The van der Waals surface area contributed by atoms with Crippen molar-refractivity contribution in [3.05, 3.63) is 29.8 Å². The van der Waals surface area contributed by atoms with Crippen LogP contribution in [0.1, 0.15) is 36.0 Å². The molecule has 3 fully saturated rings. The first kappa shape index (κ1) is 18.3. The summed E-state index contributed by atoms with van der Waals surface area (Å²) in [6.45, 7) is 3.35. The average Bonchev–Trinajstić information content (AvgIpc) is 3.14. The predicted molar refractivity (Wildman–Crippen MR) is 101 cm³/mol. The van der Waals surface area contributed by atoms with Gasteiger partial charge in [0.05, 0.1) is 11.7 Å². The molecule has 3 saturated heterocycles. The number of rotatable bonds is 3. The molecule has 0 saturated carbocycles. The lowest BCUT2D eigenvalue weighted by atomic mass is 9.81. The van der Waals surface area contributed by atoms with Crippen LogP contribution in [-0.2, 0) is 9.47 Å². The molecule has 0 unspecified atom stereocenters. The first-order valence-corrected chi connectivity index (χ1v) is 9.74. The van der Waals surface area contributed by atoms with Crippen molar-refractivity contribution in [3.63, 3.8) is 0 Å². The van der Waals surface area contributed by atoms with E-state index in [0.717, 1.165) is 38.0 Å². The maximum absolute atomic E-state index is 13.0. The summed E-state index contributed by atoms with van der Waals surface area (Å²) in [6, 6.07) is 7.22. The molecule has 146 valence electrons. The van der Waals surface area contributed by atoms with Crippen molar-refractivity contribution in [2.75, 3.05) is 44.8 Å². The number of carbonyl (C=O) groups excluding carboxylic acids is 2. The Balaban J connectivity index is 1.44. The number of hydrogen-bond acceptors (Lipinski definition) is 4. The molecule has 0 bridgehead atoms. The number of carbonyl (C=O) groups is 2. The van der Waals surface area contributed by atoms with Gasteiger partial charge in [-0.15, -0.1) is 0 Å². The van der Waals surface area contributed by atoms with Gasteiger partial charge in [0.1, 0.15) is 0 Å². The number of piperidine rings is 1. The molecule has 0 aliphatic carbocycles. The van der Waals surface area contributed by atoms with Crippen molar-refractivity contribution in [1.82, 2.24) is 10.2 Å². The van der Waals surface area contributed by atoms with Crippen molar-refractivity contribution in [3.8, 4) is 0 Å². The molecule has 0 radical (unpaired) electrons. The maximum Gasteiger partial charge on any atom is 0.321 e. The van der Waals surface area contributed by atoms with Crippen molar-refractivity contribution in [1.29, 1.82) is 0 Å². The first-order chi connectivity index (χ1) is 13.1. The third-order valence-electron chi connectivity index (χ3n) is 6.03. The molecule has 1 aromatic rings. The molecule has 3 amide bonds. The van der Waals surface area contributed by atoms with Crippen molar-refractivity contribution >= 4 is 17.6 Å². The Morgan fingerprint density at radius 1 is 1.30 bits per heavy atom. The molecule has 1 N–H and O–H groups in total. The summed E-state index contributed by atoms with van der Waals surface area (Å²) in [7, 11) is 1.75. The molecular weight excluding hydrogens is 346 g/mol. The van der Waals surface area contributed by atoms with E-state index in [-0.39, 0.29) is 23.6 Å². The van der Waals surface area contributed by atoms with Crippen LogP contribution in [0.25, 0.3) is 0 Å². The van der Waals surface area contributed by atoms with Crippen LogP contribution >= 0.6 is 0 Å². The van der Waals surface area contributed by atoms with Crippen LogP contribution in [0.4, 0.5) is 10.5 Å². The van der Waals surface area contributed by atoms with Crippen LogP contribution < -0.4 is 10.2 Å². The number of anilines is 1. The topological polar surface area (TPSA) is 71.1 Å². The zero-order chi connectivity index (χ0) is 18.9. The lowest BCUT2D eigenvalue weighted by molar-refractivity contribution is -0.183. The summed E-state index contributed by atoms with van der Waals surface area (Å²) in [4.78, 5) is 28.4. The Labute approximate surface area is 159 Å². The highest BCUT2D eigenvalue weighted by molar-refractivity contribution is 5.98. The fourth-order valence-electron chi connectivity index (χ4n) is 4.49. The van der Waals surface area contributed by atoms with Crippen molar-refractivity contribution in [2.24, 2.45) is 0 Å². The van der Waals surface area contributed by atoms with Gasteiger partial charge in [-0.05, 0) is 43.9 Å². The minimum absolute atomic E-state index is 0.0103. The third-order valence-corrected chi connectivity index (χ3v) is 6.03. The van der Waals surface area contributed by atoms with Gasteiger partial charge in [0, 0.05) is 51.1 Å². The van der Waals surface area contributed by atoms with Gasteiger partial charge < -0.3 is 19.7 Å². The number of amides is 3. The number of ether oxygens (including phenoxy) is 2. The summed E-state index contributed by atoms with van der Waals surface area (Å²) in [5.74, 6) is 0.0103. The summed E-state index contributed by atoms with van der Waals surface area (Å²) < 4.78 is 11.8. The molecule has 4 rings (SSSR count). The van der Waals surface area contributed by atoms with Crippen molar-refractivity contribution < 1.29 is 19.1 Å². The largest absolute Gasteiger partial charge is 0.378 e. The Morgan fingerprint density at radius 2 is 2.11 bits per heavy atom. The van der Waals surface area contributed by atoms with Gasteiger partial charge in [-0.2, -0.15) is 0 Å². The van der Waals surface area contributed by atoms with E-state index in [9.17, 15) is 9.59 Å². The second-order valence-corrected chi connectivity index (χ2v) is 7.51. The van der Waals surface area contributed by atoms with E-state index in [4.69, 9.17) is 9.47 Å². The summed E-state index contributed by atoms with van der Waals surface area (Å²) >= 11 is 0. The number of methoxy groups -OCH3 is 1. The zero-order valence-electron chi connectivity index (χ0n) is 15.8. The molecule has 1 atom stereocenters. The lowest BCUT2D eigenvalue weighted by Crippen LogP contribution is -2.56. The second-order valence-electron chi connectivity index (χ2n) is 7.51. The van der Waals surface area contributed by atoms with Gasteiger partial charge in [-0.25, -0.2) is 4.79 Å². The van der Waals surface area contributed by atoms with Crippen LogP contribution in [0.2, 0.25) is 0 Å². The maximum atomic E-state index is 13.0. The quantitative estimate of drug-likeness (QED) is 0.880. The Morgan fingerprint density at radius 3 is 2.81 bits per heavy atom. The molecule has 3 heterocycles. The highest BCUT2D eigenvalue weighted by Gasteiger charge is 2.45. The highest BCUT2D eigenvalue weighted by Crippen LogP contribution is 2.37. The first-order valence-electron chi connectivity index (χ1n) is 9.74. The predicted octanol–water partition coefficient (Wildman–Crippen LogP) is 2.02. The number of urea groups is 1. The zero-order valence-corrected chi connectivity index (χ0v) is 15.8. The van der Waals surface area contributed by atoms with Crippen LogP contribution in [0.15, 0.2) is 24.3 Å². The van der Waals surface area contributed by atoms with Crippen LogP contribution in [-0.4, -0.2) is 68.4 Å². The summed E-state index contributed by atoms with van der Waals surface area (Å²) in [6.07, 6.45) is 3.75. The molecule has 0 aromatic heterocycles. The molecule has 7 heteroatoms. The molecule has 27 heavy (non-hydrogen) atoms. The number of nitrogens with zero attached hydrogens (tertiary/aromatic N) is 2. The molecule has 7 nitrogen and oxygen atoms in total. The van der Waals surface area contributed by atoms with Gasteiger partial charge in [0.25, 0.3) is 5.91 Å².